The lowest BCUT2D eigenvalue weighted by Gasteiger charge is -2.16. The van der Waals surface area contributed by atoms with Crippen molar-refractivity contribution in [3.05, 3.63) is 62.5 Å². The van der Waals surface area contributed by atoms with E-state index in [0.717, 1.165) is 21.2 Å². The van der Waals surface area contributed by atoms with Gasteiger partial charge in [0.1, 0.15) is 5.75 Å². The number of methoxy groups -OCH3 is 1. The van der Waals surface area contributed by atoms with Crippen molar-refractivity contribution in [2.75, 3.05) is 7.11 Å². The summed E-state index contributed by atoms with van der Waals surface area (Å²) in [6.07, 6.45) is 0. The highest BCUT2D eigenvalue weighted by molar-refractivity contribution is 9.10. The first-order valence-corrected chi connectivity index (χ1v) is 8.00. The molecule has 20 heavy (non-hydrogen) atoms. The topological polar surface area (TPSA) is 21.3 Å². The van der Waals surface area contributed by atoms with Crippen LogP contribution in [0.15, 0.2) is 51.4 Å². The van der Waals surface area contributed by atoms with E-state index in [1.54, 1.807) is 7.11 Å². The van der Waals surface area contributed by atoms with Crippen molar-refractivity contribution >= 4 is 31.9 Å². The molecule has 1 atom stereocenters. The number of hydrogen-bond acceptors (Lipinski definition) is 2. The molecule has 2 aromatic rings. The second-order valence-electron chi connectivity index (χ2n) is 4.61. The van der Waals surface area contributed by atoms with Crippen molar-refractivity contribution in [3.8, 4) is 5.75 Å². The van der Waals surface area contributed by atoms with Crippen LogP contribution in [0.4, 0.5) is 0 Å². The van der Waals surface area contributed by atoms with Gasteiger partial charge in [-0.3, -0.25) is 0 Å². The third-order valence-electron chi connectivity index (χ3n) is 3.20. The van der Waals surface area contributed by atoms with E-state index >= 15 is 0 Å². The molecule has 0 aliphatic carbocycles. The molecule has 0 saturated heterocycles. The van der Waals surface area contributed by atoms with Crippen LogP contribution >= 0.6 is 31.9 Å². The van der Waals surface area contributed by atoms with E-state index in [-0.39, 0.29) is 6.04 Å². The maximum atomic E-state index is 5.26. The quantitative estimate of drug-likeness (QED) is 0.758. The van der Waals surface area contributed by atoms with Crippen LogP contribution < -0.4 is 10.1 Å². The van der Waals surface area contributed by atoms with Crippen LogP contribution in [0.2, 0.25) is 0 Å². The number of ether oxygens (including phenoxy) is 1. The lowest BCUT2D eigenvalue weighted by Crippen LogP contribution is -2.18. The molecule has 2 aromatic carbocycles. The molecule has 4 heteroatoms. The molecule has 0 aromatic heterocycles. The highest BCUT2D eigenvalue weighted by atomic mass is 79.9. The van der Waals surface area contributed by atoms with Crippen LogP contribution in [0, 0.1) is 0 Å². The summed E-state index contributed by atoms with van der Waals surface area (Å²) < 4.78 is 7.46. The number of halogens is 2. The van der Waals surface area contributed by atoms with E-state index in [2.05, 4.69) is 62.3 Å². The maximum Gasteiger partial charge on any atom is 0.119 e. The minimum atomic E-state index is 0.283. The first-order chi connectivity index (χ1) is 9.60. The summed E-state index contributed by atoms with van der Waals surface area (Å²) in [5.74, 6) is 0.875. The summed E-state index contributed by atoms with van der Waals surface area (Å²) in [6.45, 7) is 2.95. The Balaban J connectivity index is 2.05. The van der Waals surface area contributed by atoms with Crippen LogP contribution in [0.1, 0.15) is 24.1 Å². The lowest BCUT2D eigenvalue weighted by atomic mass is 10.1. The third-order valence-corrected chi connectivity index (χ3v) is 4.47. The maximum absolute atomic E-state index is 5.26. The molecular formula is C16H17Br2NO. The van der Waals surface area contributed by atoms with E-state index in [9.17, 15) is 0 Å². The van der Waals surface area contributed by atoms with Crippen molar-refractivity contribution in [2.45, 2.75) is 19.5 Å². The van der Waals surface area contributed by atoms with Gasteiger partial charge in [-0.25, -0.2) is 0 Å². The van der Waals surface area contributed by atoms with Crippen molar-refractivity contribution < 1.29 is 4.74 Å². The monoisotopic (exact) mass is 397 g/mol. The van der Waals surface area contributed by atoms with E-state index < -0.39 is 0 Å². The molecule has 0 saturated carbocycles. The van der Waals surface area contributed by atoms with Crippen molar-refractivity contribution in [1.29, 1.82) is 0 Å². The number of benzene rings is 2. The van der Waals surface area contributed by atoms with Crippen molar-refractivity contribution in [2.24, 2.45) is 0 Å². The molecule has 1 unspecified atom stereocenters. The SMILES string of the molecule is COc1ccc(Br)c(CNC(C)c2cccc(Br)c2)c1. The summed E-state index contributed by atoms with van der Waals surface area (Å²) in [6, 6.07) is 14.6. The number of hydrogen-bond donors (Lipinski definition) is 1. The van der Waals surface area contributed by atoms with E-state index in [1.165, 1.54) is 11.1 Å². The zero-order valence-electron chi connectivity index (χ0n) is 11.5. The Morgan fingerprint density at radius 1 is 1.15 bits per heavy atom. The highest BCUT2D eigenvalue weighted by Gasteiger charge is 2.07. The van der Waals surface area contributed by atoms with Crippen LogP contribution in [-0.4, -0.2) is 7.11 Å². The zero-order chi connectivity index (χ0) is 14.5. The van der Waals surface area contributed by atoms with Gasteiger partial charge < -0.3 is 10.1 Å². The van der Waals surface area contributed by atoms with Gasteiger partial charge in [-0.1, -0.05) is 44.0 Å². The summed E-state index contributed by atoms with van der Waals surface area (Å²) in [5.41, 5.74) is 2.45. The number of nitrogens with one attached hydrogen (secondary N) is 1. The van der Waals surface area contributed by atoms with Gasteiger partial charge in [0.15, 0.2) is 0 Å². The lowest BCUT2D eigenvalue weighted by molar-refractivity contribution is 0.413. The fourth-order valence-electron chi connectivity index (χ4n) is 1.97. The molecule has 0 bridgehead atoms. The Bertz CT molecular complexity index is 586. The molecular weight excluding hydrogens is 382 g/mol. The third kappa shape index (κ3) is 4.08. The van der Waals surface area contributed by atoms with Crippen LogP contribution in [-0.2, 0) is 6.54 Å². The van der Waals surface area contributed by atoms with Crippen LogP contribution in [0.25, 0.3) is 0 Å². The Morgan fingerprint density at radius 2 is 1.95 bits per heavy atom. The summed E-state index contributed by atoms with van der Waals surface area (Å²) in [7, 11) is 1.69. The summed E-state index contributed by atoms with van der Waals surface area (Å²) in [4.78, 5) is 0. The molecule has 1 N–H and O–H groups in total. The predicted octanol–water partition coefficient (Wildman–Crippen LogP) is 5.07. The first-order valence-electron chi connectivity index (χ1n) is 6.41. The molecule has 0 aliphatic rings. The normalized spacial score (nSPS) is 12.2. The second-order valence-corrected chi connectivity index (χ2v) is 6.38. The van der Waals surface area contributed by atoms with Gasteiger partial charge in [0.25, 0.3) is 0 Å². The Hall–Kier alpha value is -0.840. The van der Waals surface area contributed by atoms with Gasteiger partial charge in [0.2, 0.25) is 0 Å². The predicted molar refractivity (Wildman–Crippen MR) is 90.1 cm³/mol. The largest absolute Gasteiger partial charge is 0.497 e. The Labute approximate surface area is 136 Å². The average molecular weight is 399 g/mol. The molecule has 2 nitrogen and oxygen atoms in total. The van der Waals surface area contributed by atoms with Crippen molar-refractivity contribution in [3.63, 3.8) is 0 Å². The summed E-state index contributed by atoms with van der Waals surface area (Å²) >= 11 is 7.08. The average Bonchev–Trinajstić information content (AvgIpc) is 2.46. The molecule has 0 fully saturated rings. The molecule has 0 radical (unpaired) electrons. The van der Waals surface area contributed by atoms with Gasteiger partial charge in [-0.05, 0) is 48.4 Å². The standard InChI is InChI=1S/C16H17Br2NO/c1-11(12-4-3-5-14(17)8-12)19-10-13-9-15(20-2)6-7-16(13)18/h3-9,11,19H,10H2,1-2H3. The minimum Gasteiger partial charge on any atom is -0.497 e. The molecule has 2 rings (SSSR count). The molecule has 0 amide bonds. The molecule has 0 aliphatic heterocycles. The molecule has 106 valence electrons. The fraction of sp³-hybridized carbons (Fsp3) is 0.250. The smallest absolute Gasteiger partial charge is 0.119 e. The van der Waals surface area contributed by atoms with E-state index in [4.69, 9.17) is 4.74 Å². The first kappa shape index (κ1) is 15.5. The zero-order valence-corrected chi connectivity index (χ0v) is 14.7. The van der Waals surface area contributed by atoms with E-state index in [0.29, 0.717) is 0 Å². The van der Waals surface area contributed by atoms with Gasteiger partial charge in [0.05, 0.1) is 7.11 Å². The second kappa shape index (κ2) is 7.25. The van der Waals surface area contributed by atoms with Gasteiger partial charge in [-0.2, -0.15) is 0 Å². The van der Waals surface area contributed by atoms with Gasteiger partial charge in [-0.15, -0.1) is 0 Å². The fourth-order valence-corrected chi connectivity index (χ4v) is 2.77. The number of rotatable bonds is 5. The minimum absolute atomic E-state index is 0.283. The van der Waals surface area contributed by atoms with Crippen LogP contribution in [0.3, 0.4) is 0 Å². The highest BCUT2D eigenvalue weighted by Crippen LogP contribution is 2.24. The Morgan fingerprint density at radius 3 is 2.65 bits per heavy atom. The Kier molecular flexibility index (Phi) is 5.64. The van der Waals surface area contributed by atoms with E-state index in [1.807, 2.05) is 24.3 Å². The van der Waals surface area contributed by atoms with Crippen molar-refractivity contribution in [1.82, 2.24) is 5.32 Å². The van der Waals surface area contributed by atoms with Gasteiger partial charge >= 0.3 is 0 Å². The molecule has 0 spiro atoms. The molecule has 0 heterocycles. The van der Waals surface area contributed by atoms with Gasteiger partial charge in [0, 0.05) is 21.5 Å². The summed E-state index contributed by atoms with van der Waals surface area (Å²) in [5, 5.41) is 3.53. The van der Waals surface area contributed by atoms with Crippen LogP contribution in [0.5, 0.6) is 5.75 Å².